The first-order valence-electron chi connectivity index (χ1n) is 7.84. The maximum atomic E-state index is 9.62. The maximum Gasteiger partial charge on any atom is 0.142 e. The van der Waals surface area contributed by atoms with Crippen LogP contribution in [0.5, 0.6) is 0 Å². The highest BCUT2D eigenvalue weighted by atomic mass is 15.0. The molecule has 0 aliphatic heterocycles. The second-order valence-electron chi connectivity index (χ2n) is 5.83. The topological polar surface area (TPSA) is 80.5 Å². The van der Waals surface area contributed by atoms with E-state index in [1.807, 2.05) is 66.5 Å². The zero-order valence-corrected chi connectivity index (χ0v) is 13.6. The summed E-state index contributed by atoms with van der Waals surface area (Å²) in [6, 6.07) is 16.0. The van der Waals surface area contributed by atoms with Crippen molar-refractivity contribution in [3.8, 4) is 28.6 Å². The first kappa shape index (κ1) is 14.9. The first-order valence-corrected chi connectivity index (χ1v) is 7.84. The molecule has 0 saturated heterocycles. The van der Waals surface area contributed by atoms with E-state index in [-0.39, 0.29) is 5.82 Å². The molecule has 120 valence electrons. The third-order valence-electron chi connectivity index (χ3n) is 4.34. The molecule has 1 aromatic carbocycles. The molecule has 0 saturated carbocycles. The van der Waals surface area contributed by atoms with Gasteiger partial charge < -0.3 is 10.3 Å². The molecule has 25 heavy (non-hydrogen) atoms. The van der Waals surface area contributed by atoms with Crippen molar-refractivity contribution < 1.29 is 0 Å². The van der Waals surface area contributed by atoms with Crippen LogP contribution in [0.4, 0.5) is 5.82 Å². The minimum Gasteiger partial charge on any atom is -0.383 e. The molecule has 0 aliphatic rings. The summed E-state index contributed by atoms with van der Waals surface area (Å²) in [4.78, 5) is 8.61. The molecule has 0 unspecified atom stereocenters. The average Bonchev–Trinajstić information content (AvgIpc) is 3.06. The lowest BCUT2D eigenvalue weighted by molar-refractivity contribution is 0.931. The number of pyridine rings is 2. The quantitative estimate of drug-likeness (QED) is 0.608. The van der Waals surface area contributed by atoms with Gasteiger partial charge in [-0.3, -0.25) is 4.98 Å². The number of nitrogen functional groups attached to an aromatic ring is 1. The lowest BCUT2D eigenvalue weighted by Crippen LogP contribution is -2.01. The van der Waals surface area contributed by atoms with Gasteiger partial charge in [-0.1, -0.05) is 18.2 Å². The van der Waals surface area contributed by atoms with E-state index in [1.54, 1.807) is 6.20 Å². The maximum absolute atomic E-state index is 9.62. The van der Waals surface area contributed by atoms with Gasteiger partial charge in [0.25, 0.3) is 0 Å². The fourth-order valence-corrected chi connectivity index (χ4v) is 3.11. The minimum atomic E-state index is 0.238. The summed E-state index contributed by atoms with van der Waals surface area (Å²) in [7, 11) is 1.95. The molecule has 4 aromatic rings. The Bertz CT molecular complexity index is 1130. The molecule has 0 aliphatic carbocycles. The zero-order valence-electron chi connectivity index (χ0n) is 13.6. The van der Waals surface area contributed by atoms with Crippen molar-refractivity contribution in [2.24, 2.45) is 7.05 Å². The van der Waals surface area contributed by atoms with E-state index in [4.69, 9.17) is 5.73 Å². The molecule has 4 rings (SSSR count). The lowest BCUT2D eigenvalue weighted by atomic mass is 9.95. The number of aryl methyl sites for hydroxylation is 1. The Labute approximate surface area is 145 Å². The Hall–Kier alpha value is -3.65. The molecule has 5 nitrogen and oxygen atoms in total. The van der Waals surface area contributed by atoms with E-state index in [9.17, 15) is 5.26 Å². The predicted octanol–water partition coefficient (Wildman–Crippen LogP) is 3.76. The molecule has 5 heteroatoms. The van der Waals surface area contributed by atoms with Gasteiger partial charge in [-0.2, -0.15) is 5.26 Å². The van der Waals surface area contributed by atoms with Crippen molar-refractivity contribution in [3.05, 3.63) is 66.6 Å². The molecule has 3 aromatic heterocycles. The molecule has 0 bridgehead atoms. The number of anilines is 1. The van der Waals surface area contributed by atoms with E-state index in [2.05, 4.69) is 16.0 Å². The van der Waals surface area contributed by atoms with Gasteiger partial charge >= 0.3 is 0 Å². The zero-order chi connectivity index (χ0) is 17.4. The highest BCUT2D eigenvalue weighted by molar-refractivity contribution is 5.98. The third kappa shape index (κ3) is 2.41. The number of aromatic nitrogens is 3. The molecule has 0 radical (unpaired) electrons. The van der Waals surface area contributed by atoms with E-state index < -0.39 is 0 Å². The van der Waals surface area contributed by atoms with Gasteiger partial charge in [0.15, 0.2) is 0 Å². The van der Waals surface area contributed by atoms with Crippen LogP contribution in [0.1, 0.15) is 5.56 Å². The Morgan fingerprint density at radius 1 is 1.12 bits per heavy atom. The van der Waals surface area contributed by atoms with Crippen LogP contribution < -0.4 is 5.73 Å². The largest absolute Gasteiger partial charge is 0.383 e. The predicted molar refractivity (Wildman–Crippen MR) is 98.5 cm³/mol. The van der Waals surface area contributed by atoms with Gasteiger partial charge in [0.1, 0.15) is 17.5 Å². The van der Waals surface area contributed by atoms with Crippen molar-refractivity contribution in [1.29, 1.82) is 5.26 Å². The van der Waals surface area contributed by atoms with Gasteiger partial charge in [-0.25, -0.2) is 4.98 Å². The number of rotatable bonds is 2. The number of hydrogen-bond donors (Lipinski definition) is 1. The van der Waals surface area contributed by atoms with Crippen LogP contribution in [0.3, 0.4) is 0 Å². The van der Waals surface area contributed by atoms with Crippen molar-refractivity contribution in [2.75, 3.05) is 5.73 Å². The van der Waals surface area contributed by atoms with Crippen molar-refractivity contribution in [2.45, 2.75) is 0 Å². The summed E-state index contributed by atoms with van der Waals surface area (Å²) >= 11 is 0. The summed E-state index contributed by atoms with van der Waals surface area (Å²) in [6.07, 6.45) is 5.52. The lowest BCUT2D eigenvalue weighted by Gasteiger charge is -2.12. The number of nitriles is 1. The fraction of sp³-hybridized carbons (Fsp3) is 0.0500. The highest BCUT2D eigenvalue weighted by Gasteiger charge is 2.16. The van der Waals surface area contributed by atoms with Crippen molar-refractivity contribution in [3.63, 3.8) is 0 Å². The number of nitrogens with zero attached hydrogens (tertiary/aromatic N) is 4. The fourth-order valence-electron chi connectivity index (χ4n) is 3.11. The minimum absolute atomic E-state index is 0.238. The number of benzene rings is 1. The van der Waals surface area contributed by atoms with Gasteiger partial charge in [0.2, 0.25) is 0 Å². The third-order valence-corrected chi connectivity index (χ3v) is 4.34. The highest BCUT2D eigenvalue weighted by Crippen LogP contribution is 2.35. The van der Waals surface area contributed by atoms with Gasteiger partial charge in [0, 0.05) is 36.6 Å². The normalized spacial score (nSPS) is 10.7. The van der Waals surface area contributed by atoms with Crippen LogP contribution in [0.2, 0.25) is 0 Å². The molecule has 0 spiro atoms. The van der Waals surface area contributed by atoms with E-state index in [0.717, 1.165) is 33.3 Å². The average molecular weight is 325 g/mol. The van der Waals surface area contributed by atoms with Crippen LogP contribution in [-0.4, -0.2) is 14.5 Å². The Kier molecular flexibility index (Phi) is 3.44. The first-order chi connectivity index (χ1) is 12.2. The number of hydrogen-bond acceptors (Lipinski definition) is 4. The number of nitrogens with two attached hydrogens (primary N) is 1. The molecule has 0 atom stereocenters. The molecule has 0 fully saturated rings. The number of fused-ring (bicyclic) bond motifs is 1. The van der Waals surface area contributed by atoms with Crippen molar-refractivity contribution in [1.82, 2.24) is 14.5 Å². The Balaban J connectivity index is 2.05. The standard InChI is InChI=1S/C20H15N5/c1-25-9-3-6-19(25)18-10-16(17(11-21)20(22)24-18)15-5-2-4-13-12-23-8-7-14(13)15/h2-10,12H,1H3,(H2,22,24). The van der Waals surface area contributed by atoms with Crippen LogP contribution >= 0.6 is 0 Å². The van der Waals surface area contributed by atoms with Gasteiger partial charge in [-0.15, -0.1) is 0 Å². The molecule has 3 heterocycles. The van der Waals surface area contributed by atoms with Crippen LogP contribution in [0.15, 0.2) is 61.1 Å². The van der Waals surface area contributed by atoms with Crippen LogP contribution in [0.25, 0.3) is 33.3 Å². The smallest absolute Gasteiger partial charge is 0.142 e. The summed E-state index contributed by atoms with van der Waals surface area (Å²) in [6.45, 7) is 0. The van der Waals surface area contributed by atoms with E-state index in [0.29, 0.717) is 5.56 Å². The molecular formula is C20H15N5. The summed E-state index contributed by atoms with van der Waals surface area (Å²) in [5.41, 5.74) is 9.92. The van der Waals surface area contributed by atoms with Crippen LogP contribution in [0, 0.1) is 11.3 Å². The molecule has 0 amide bonds. The van der Waals surface area contributed by atoms with Crippen LogP contribution in [-0.2, 0) is 7.05 Å². The van der Waals surface area contributed by atoms with Gasteiger partial charge in [0.05, 0.1) is 11.4 Å². The monoisotopic (exact) mass is 325 g/mol. The second kappa shape index (κ2) is 5.77. The van der Waals surface area contributed by atoms with E-state index >= 15 is 0 Å². The molecular weight excluding hydrogens is 310 g/mol. The Morgan fingerprint density at radius 3 is 2.76 bits per heavy atom. The summed E-state index contributed by atoms with van der Waals surface area (Å²) in [5.74, 6) is 0.238. The SMILES string of the molecule is Cn1cccc1-c1cc(-c2cccc3cnccc23)c(C#N)c(N)n1. The van der Waals surface area contributed by atoms with E-state index in [1.165, 1.54) is 0 Å². The van der Waals surface area contributed by atoms with Gasteiger partial charge in [-0.05, 0) is 35.2 Å². The second-order valence-corrected chi connectivity index (χ2v) is 5.83. The molecule has 2 N–H and O–H groups in total. The van der Waals surface area contributed by atoms with Crippen molar-refractivity contribution >= 4 is 16.6 Å². The Morgan fingerprint density at radius 2 is 2.00 bits per heavy atom. The summed E-state index contributed by atoms with van der Waals surface area (Å²) < 4.78 is 1.98. The summed E-state index contributed by atoms with van der Waals surface area (Å²) in [5, 5.41) is 11.7.